The van der Waals surface area contributed by atoms with E-state index in [9.17, 15) is 9.59 Å². The predicted molar refractivity (Wildman–Crippen MR) is 73.7 cm³/mol. The van der Waals surface area contributed by atoms with Crippen LogP contribution in [0.3, 0.4) is 0 Å². The van der Waals surface area contributed by atoms with Gasteiger partial charge in [-0.05, 0) is 11.6 Å². The Kier molecular flexibility index (Phi) is 2.57. The topological polar surface area (TPSA) is 61.2 Å². The molecular weight excluding hydrogens is 260 g/mol. The van der Waals surface area contributed by atoms with E-state index in [0.717, 1.165) is 15.3 Å². The van der Waals surface area contributed by atoms with Crippen molar-refractivity contribution in [1.82, 2.24) is 4.90 Å². The molecule has 0 saturated heterocycles. The number of nitrogens with zero attached hydrogens (tertiary/aromatic N) is 1. The normalized spacial score (nSPS) is 14.8. The molecule has 94 valence electrons. The Balaban J connectivity index is 2.16. The summed E-state index contributed by atoms with van der Waals surface area (Å²) in [5.74, 6) is -0.881. The van der Waals surface area contributed by atoms with Crippen LogP contribution in [-0.4, -0.2) is 29.5 Å². The van der Waals surface area contributed by atoms with Crippen LogP contribution in [0.1, 0.15) is 15.2 Å². The van der Waals surface area contributed by atoms with Crippen LogP contribution >= 0.6 is 11.3 Å². The summed E-state index contributed by atoms with van der Waals surface area (Å²) in [6, 6.07) is 11.4. The summed E-state index contributed by atoms with van der Waals surface area (Å²) in [6.07, 6.45) is 0. The molecule has 1 aromatic heterocycles. The van der Waals surface area contributed by atoms with Gasteiger partial charge in [-0.25, -0.2) is 0 Å². The number of imide groups is 1. The van der Waals surface area contributed by atoms with Crippen molar-refractivity contribution in [3.63, 3.8) is 0 Å². The highest BCUT2D eigenvalue weighted by molar-refractivity contribution is 7.18. The van der Waals surface area contributed by atoms with Gasteiger partial charge in [0.25, 0.3) is 11.8 Å². The molecule has 19 heavy (non-hydrogen) atoms. The third kappa shape index (κ3) is 1.70. The highest BCUT2D eigenvalue weighted by Crippen LogP contribution is 2.34. The molecule has 2 aromatic rings. The van der Waals surface area contributed by atoms with E-state index in [1.54, 1.807) is 6.07 Å². The number of rotatable bonds is 1. The van der Waals surface area contributed by atoms with E-state index >= 15 is 0 Å². The van der Waals surface area contributed by atoms with Crippen molar-refractivity contribution < 1.29 is 9.59 Å². The molecule has 1 aromatic carbocycles. The van der Waals surface area contributed by atoms with Crippen LogP contribution in [0.2, 0.25) is 0 Å². The number of likely N-dealkylation sites (N-methyl/N-ethyl adjacent to an activating group) is 1. The minimum Gasteiger partial charge on any atom is -0.294 e. The number of benzene rings is 1. The molecule has 0 bridgehead atoms. The number of amides is 2. The number of carbonyl (C=O) groups is 2. The van der Waals surface area contributed by atoms with Crippen LogP contribution in [-0.2, 0) is 4.79 Å². The van der Waals surface area contributed by atoms with E-state index in [1.807, 2.05) is 30.3 Å². The highest BCUT2D eigenvalue weighted by Gasteiger charge is 2.34. The highest BCUT2D eigenvalue weighted by atomic mass is 32.1. The SMILES string of the molecule is CN1C(=O)C(=N)c2sc(-c3ccccc3)cc2C1=O. The van der Waals surface area contributed by atoms with Crippen molar-refractivity contribution in [2.75, 3.05) is 7.05 Å². The fourth-order valence-electron chi connectivity index (χ4n) is 2.02. The van der Waals surface area contributed by atoms with E-state index in [4.69, 9.17) is 5.41 Å². The van der Waals surface area contributed by atoms with Crippen molar-refractivity contribution >= 4 is 28.9 Å². The molecule has 3 rings (SSSR count). The van der Waals surface area contributed by atoms with Gasteiger partial charge >= 0.3 is 0 Å². The van der Waals surface area contributed by atoms with Gasteiger partial charge in [0.1, 0.15) is 5.71 Å². The lowest BCUT2D eigenvalue weighted by Crippen LogP contribution is -2.42. The first-order valence-electron chi connectivity index (χ1n) is 5.70. The zero-order valence-electron chi connectivity index (χ0n) is 10.1. The summed E-state index contributed by atoms with van der Waals surface area (Å²) in [6.45, 7) is 0. The summed E-state index contributed by atoms with van der Waals surface area (Å²) in [4.78, 5) is 26.1. The molecule has 2 heterocycles. The van der Waals surface area contributed by atoms with Gasteiger partial charge in [0.2, 0.25) is 0 Å². The van der Waals surface area contributed by atoms with Crippen molar-refractivity contribution in [3.05, 3.63) is 46.8 Å². The number of fused-ring (bicyclic) bond motifs is 1. The molecule has 1 aliphatic heterocycles. The predicted octanol–water partition coefficient (Wildman–Crippen LogP) is 2.40. The molecule has 1 N–H and O–H groups in total. The standard InChI is InChI=1S/C14H10N2O2S/c1-16-13(17)9-7-10(8-5-3-2-4-6-8)19-12(9)11(15)14(16)18/h2-7,15H,1H3. The summed E-state index contributed by atoms with van der Waals surface area (Å²) in [7, 11) is 1.40. The van der Waals surface area contributed by atoms with E-state index in [1.165, 1.54) is 18.4 Å². The maximum Gasteiger partial charge on any atom is 0.279 e. The number of thiophene rings is 1. The van der Waals surface area contributed by atoms with E-state index in [-0.39, 0.29) is 11.6 Å². The van der Waals surface area contributed by atoms with Crippen LogP contribution in [0.4, 0.5) is 0 Å². The van der Waals surface area contributed by atoms with E-state index < -0.39 is 5.91 Å². The summed E-state index contributed by atoms with van der Waals surface area (Å²) >= 11 is 1.31. The smallest absolute Gasteiger partial charge is 0.279 e. The van der Waals surface area contributed by atoms with Crippen LogP contribution in [0, 0.1) is 5.41 Å². The van der Waals surface area contributed by atoms with Crippen molar-refractivity contribution in [3.8, 4) is 10.4 Å². The van der Waals surface area contributed by atoms with E-state index in [2.05, 4.69) is 0 Å². The molecule has 0 aliphatic carbocycles. The molecule has 0 fully saturated rings. The number of hydrogen-bond donors (Lipinski definition) is 1. The Morgan fingerprint density at radius 3 is 2.47 bits per heavy atom. The van der Waals surface area contributed by atoms with Gasteiger partial charge in [-0.1, -0.05) is 30.3 Å². The molecule has 0 unspecified atom stereocenters. The monoisotopic (exact) mass is 270 g/mol. The van der Waals surface area contributed by atoms with Crippen LogP contribution in [0.25, 0.3) is 10.4 Å². The third-order valence-corrected chi connectivity index (χ3v) is 4.27. The van der Waals surface area contributed by atoms with Crippen LogP contribution < -0.4 is 0 Å². The zero-order chi connectivity index (χ0) is 13.6. The Hall–Kier alpha value is -2.27. The van der Waals surface area contributed by atoms with Gasteiger partial charge in [-0.2, -0.15) is 0 Å². The molecule has 0 radical (unpaired) electrons. The molecular formula is C14H10N2O2S. The second-order valence-electron chi connectivity index (χ2n) is 4.26. The summed E-state index contributed by atoms with van der Waals surface area (Å²) in [5, 5.41) is 7.84. The maximum atomic E-state index is 12.0. The van der Waals surface area contributed by atoms with Gasteiger partial charge in [-0.15, -0.1) is 11.3 Å². The van der Waals surface area contributed by atoms with Gasteiger partial charge in [0.15, 0.2) is 0 Å². The molecule has 1 aliphatic rings. The molecule has 0 spiro atoms. The second-order valence-corrected chi connectivity index (χ2v) is 5.32. The van der Waals surface area contributed by atoms with Gasteiger partial charge in [0.05, 0.1) is 10.4 Å². The molecule has 4 nitrogen and oxygen atoms in total. The third-order valence-electron chi connectivity index (χ3n) is 3.07. The molecule has 2 amide bonds. The van der Waals surface area contributed by atoms with Gasteiger partial charge in [-0.3, -0.25) is 19.9 Å². The van der Waals surface area contributed by atoms with Crippen molar-refractivity contribution in [2.24, 2.45) is 0 Å². The lowest BCUT2D eigenvalue weighted by Gasteiger charge is -2.20. The second kappa shape index (κ2) is 4.13. The van der Waals surface area contributed by atoms with E-state index in [0.29, 0.717) is 10.4 Å². The molecule has 0 atom stereocenters. The Morgan fingerprint density at radius 1 is 1.11 bits per heavy atom. The first-order valence-corrected chi connectivity index (χ1v) is 6.52. The first kappa shape index (κ1) is 11.8. The number of carbonyl (C=O) groups excluding carboxylic acids is 2. The van der Waals surface area contributed by atoms with Crippen molar-refractivity contribution in [2.45, 2.75) is 0 Å². The van der Waals surface area contributed by atoms with Crippen molar-refractivity contribution in [1.29, 1.82) is 5.41 Å². The number of nitrogens with one attached hydrogen (secondary N) is 1. The largest absolute Gasteiger partial charge is 0.294 e. The lowest BCUT2D eigenvalue weighted by molar-refractivity contribution is -0.120. The fraction of sp³-hybridized carbons (Fsp3) is 0.0714. The van der Waals surface area contributed by atoms with Gasteiger partial charge in [0, 0.05) is 11.9 Å². The average molecular weight is 270 g/mol. The summed E-state index contributed by atoms with van der Waals surface area (Å²) in [5.41, 5.74) is 1.32. The fourth-order valence-corrected chi connectivity index (χ4v) is 3.11. The summed E-state index contributed by atoms with van der Waals surface area (Å²) < 4.78 is 0. The maximum absolute atomic E-state index is 12.0. The van der Waals surface area contributed by atoms with Crippen LogP contribution in [0.15, 0.2) is 36.4 Å². The quantitative estimate of drug-likeness (QED) is 0.809. The Bertz CT molecular complexity index is 703. The van der Waals surface area contributed by atoms with Gasteiger partial charge < -0.3 is 0 Å². The lowest BCUT2D eigenvalue weighted by atomic mass is 10.1. The zero-order valence-corrected chi connectivity index (χ0v) is 11.0. The Labute approximate surface area is 113 Å². The molecule has 0 saturated carbocycles. The Morgan fingerprint density at radius 2 is 1.79 bits per heavy atom. The molecule has 5 heteroatoms. The average Bonchev–Trinajstić information content (AvgIpc) is 2.89. The first-order chi connectivity index (χ1) is 9.09. The van der Waals surface area contributed by atoms with Crippen LogP contribution in [0.5, 0.6) is 0 Å². The minimum absolute atomic E-state index is 0.107. The number of hydrogen-bond acceptors (Lipinski definition) is 4. The minimum atomic E-state index is -0.543.